The van der Waals surface area contributed by atoms with E-state index < -0.39 is 10.0 Å². The number of nitrogens with zero attached hydrogens (tertiary/aromatic N) is 1. The molecule has 2 amide bonds. The highest BCUT2D eigenvalue weighted by atomic mass is 32.2. The zero-order chi connectivity index (χ0) is 21.6. The zero-order valence-corrected chi connectivity index (χ0v) is 18.2. The molecule has 0 aromatic heterocycles. The largest absolute Gasteiger partial charge is 0.497 e. The van der Waals surface area contributed by atoms with E-state index in [-0.39, 0.29) is 6.03 Å². The van der Waals surface area contributed by atoms with Gasteiger partial charge in [-0.25, -0.2) is 13.2 Å². The Hall–Kier alpha value is -2.58. The normalized spacial score (nSPS) is 15.5. The van der Waals surface area contributed by atoms with E-state index in [2.05, 4.69) is 10.6 Å². The molecule has 2 aromatic carbocycles. The second kappa shape index (κ2) is 9.95. The highest BCUT2D eigenvalue weighted by Crippen LogP contribution is 2.25. The van der Waals surface area contributed by atoms with Crippen molar-refractivity contribution in [1.29, 1.82) is 0 Å². The topological polar surface area (TPSA) is 87.7 Å². The standard InChI is InChI=1S/C22H29N3O4S/c1-17-3-9-21(10-4-17)30(27,28)25-15-12-18(13-16-25)11-14-23-22(26)24-19-5-7-20(29-2)8-6-19/h3-10,18H,11-16H2,1-2H3,(H2,23,24,26). The molecule has 0 unspecified atom stereocenters. The minimum Gasteiger partial charge on any atom is -0.497 e. The molecule has 0 atom stereocenters. The number of piperidine rings is 1. The maximum atomic E-state index is 12.8. The molecule has 1 fully saturated rings. The van der Waals surface area contributed by atoms with Crippen LogP contribution in [0.5, 0.6) is 5.75 Å². The summed E-state index contributed by atoms with van der Waals surface area (Å²) in [6.45, 7) is 3.52. The van der Waals surface area contributed by atoms with Gasteiger partial charge in [0.2, 0.25) is 10.0 Å². The van der Waals surface area contributed by atoms with E-state index in [1.165, 1.54) is 0 Å². The van der Waals surface area contributed by atoms with Crippen LogP contribution in [0.3, 0.4) is 0 Å². The number of anilines is 1. The Balaban J connectivity index is 1.40. The van der Waals surface area contributed by atoms with E-state index in [4.69, 9.17) is 4.74 Å². The smallest absolute Gasteiger partial charge is 0.319 e. The Bertz CT molecular complexity index is 935. The third kappa shape index (κ3) is 5.73. The minimum atomic E-state index is -3.43. The van der Waals surface area contributed by atoms with E-state index in [1.807, 2.05) is 19.1 Å². The van der Waals surface area contributed by atoms with Crippen molar-refractivity contribution >= 4 is 21.7 Å². The van der Waals surface area contributed by atoms with E-state index >= 15 is 0 Å². The molecule has 0 radical (unpaired) electrons. The van der Waals surface area contributed by atoms with E-state index in [0.29, 0.717) is 36.1 Å². The maximum Gasteiger partial charge on any atom is 0.319 e. The number of amides is 2. The van der Waals surface area contributed by atoms with Crippen molar-refractivity contribution < 1.29 is 17.9 Å². The predicted octanol–water partition coefficient (Wildman–Crippen LogP) is 3.62. The number of hydrogen-bond donors (Lipinski definition) is 2. The highest BCUT2D eigenvalue weighted by Gasteiger charge is 2.29. The Kier molecular flexibility index (Phi) is 7.33. The van der Waals surface area contributed by atoms with Crippen molar-refractivity contribution in [1.82, 2.24) is 9.62 Å². The average Bonchev–Trinajstić information content (AvgIpc) is 2.75. The SMILES string of the molecule is COc1ccc(NC(=O)NCCC2CCN(S(=O)(=O)c3ccc(C)cc3)CC2)cc1. The number of rotatable bonds is 7. The first-order valence-electron chi connectivity index (χ1n) is 10.1. The summed E-state index contributed by atoms with van der Waals surface area (Å²) in [6.07, 6.45) is 2.42. The number of carbonyl (C=O) groups is 1. The molecule has 2 N–H and O–H groups in total. The fraction of sp³-hybridized carbons (Fsp3) is 0.409. The fourth-order valence-corrected chi connectivity index (χ4v) is 5.01. The van der Waals surface area contributed by atoms with Gasteiger partial charge < -0.3 is 15.4 Å². The fourth-order valence-electron chi connectivity index (χ4n) is 3.54. The van der Waals surface area contributed by atoms with Crippen LogP contribution in [-0.4, -0.2) is 45.5 Å². The molecular weight excluding hydrogens is 402 g/mol. The number of carbonyl (C=O) groups excluding carboxylic acids is 1. The van der Waals surface area contributed by atoms with Gasteiger partial charge in [0, 0.05) is 25.3 Å². The van der Waals surface area contributed by atoms with Crippen LogP contribution in [0.25, 0.3) is 0 Å². The summed E-state index contributed by atoms with van der Waals surface area (Å²) in [5.41, 5.74) is 1.74. The molecule has 162 valence electrons. The number of sulfonamides is 1. The van der Waals surface area contributed by atoms with Gasteiger partial charge in [-0.2, -0.15) is 4.31 Å². The molecule has 0 saturated carbocycles. The van der Waals surface area contributed by atoms with Gasteiger partial charge in [-0.15, -0.1) is 0 Å². The second-order valence-corrected chi connectivity index (χ2v) is 9.50. The first kappa shape index (κ1) is 22.1. The van der Waals surface area contributed by atoms with Crippen molar-refractivity contribution in [2.45, 2.75) is 31.1 Å². The Morgan fingerprint density at radius 2 is 1.70 bits per heavy atom. The number of methoxy groups -OCH3 is 1. The number of urea groups is 1. The van der Waals surface area contributed by atoms with Gasteiger partial charge in [-0.05, 0) is 68.5 Å². The summed E-state index contributed by atoms with van der Waals surface area (Å²) in [5, 5.41) is 5.65. The van der Waals surface area contributed by atoms with Gasteiger partial charge in [0.25, 0.3) is 0 Å². The summed E-state index contributed by atoms with van der Waals surface area (Å²) in [7, 11) is -1.84. The van der Waals surface area contributed by atoms with Crippen LogP contribution in [0.4, 0.5) is 10.5 Å². The lowest BCUT2D eigenvalue weighted by atomic mass is 9.95. The lowest BCUT2D eigenvalue weighted by Gasteiger charge is -2.31. The lowest BCUT2D eigenvalue weighted by Crippen LogP contribution is -2.39. The molecule has 1 aliphatic rings. The van der Waals surface area contributed by atoms with E-state index in [1.54, 1.807) is 47.8 Å². The van der Waals surface area contributed by atoms with Gasteiger partial charge in [0.1, 0.15) is 5.75 Å². The van der Waals surface area contributed by atoms with Crippen molar-refractivity contribution in [3.63, 3.8) is 0 Å². The lowest BCUT2D eigenvalue weighted by molar-refractivity contribution is 0.245. The molecule has 0 bridgehead atoms. The summed E-state index contributed by atoms with van der Waals surface area (Å²) in [6, 6.07) is 13.9. The van der Waals surface area contributed by atoms with Crippen LogP contribution in [0, 0.1) is 12.8 Å². The van der Waals surface area contributed by atoms with Crippen LogP contribution in [-0.2, 0) is 10.0 Å². The highest BCUT2D eigenvalue weighted by molar-refractivity contribution is 7.89. The van der Waals surface area contributed by atoms with Crippen LogP contribution in [0.2, 0.25) is 0 Å². The number of hydrogen-bond acceptors (Lipinski definition) is 4. The molecule has 3 rings (SSSR count). The zero-order valence-electron chi connectivity index (χ0n) is 17.4. The number of ether oxygens (including phenoxy) is 1. The van der Waals surface area contributed by atoms with Gasteiger partial charge >= 0.3 is 6.03 Å². The Morgan fingerprint density at radius 1 is 1.07 bits per heavy atom. The van der Waals surface area contributed by atoms with Crippen molar-refractivity contribution in [3.05, 3.63) is 54.1 Å². The summed E-state index contributed by atoms with van der Waals surface area (Å²) >= 11 is 0. The molecule has 2 aromatic rings. The quantitative estimate of drug-likeness (QED) is 0.701. The number of aryl methyl sites for hydroxylation is 1. The molecular formula is C22H29N3O4S. The van der Waals surface area contributed by atoms with Crippen molar-refractivity contribution in [3.8, 4) is 5.75 Å². The molecule has 0 aliphatic carbocycles. The Labute approximate surface area is 178 Å². The molecule has 1 saturated heterocycles. The van der Waals surface area contributed by atoms with Crippen LogP contribution in [0.1, 0.15) is 24.8 Å². The van der Waals surface area contributed by atoms with E-state index in [9.17, 15) is 13.2 Å². The summed E-state index contributed by atoms with van der Waals surface area (Å²) in [4.78, 5) is 12.4. The first-order valence-corrected chi connectivity index (χ1v) is 11.6. The molecule has 1 heterocycles. The van der Waals surface area contributed by atoms with Crippen LogP contribution in [0.15, 0.2) is 53.4 Å². The molecule has 8 heteroatoms. The van der Waals surface area contributed by atoms with Crippen LogP contribution >= 0.6 is 0 Å². The molecule has 1 aliphatic heterocycles. The van der Waals surface area contributed by atoms with Crippen LogP contribution < -0.4 is 15.4 Å². The average molecular weight is 432 g/mol. The monoisotopic (exact) mass is 431 g/mol. The molecule has 7 nitrogen and oxygen atoms in total. The Morgan fingerprint density at radius 3 is 2.30 bits per heavy atom. The first-order chi connectivity index (χ1) is 14.4. The molecule has 30 heavy (non-hydrogen) atoms. The third-order valence-corrected chi connectivity index (χ3v) is 7.33. The van der Waals surface area contributed by atoms with Crippen molar-refractivity contribution in [2.75, 3.05) is 32.1 Å². The van der Waals surface area contributed by atoms with Gasteiger partial charge in [0.05, 0.1) is 12.0 Å². The second-order valence-electron chi connectivity index (χ2n) is 7.56. The summed E-state index contributed by atoms with van der Waals surface area (Å²) in [5.74, 6) is 1.13. The maximum absolute atomic E-state index is 12.8. The summed E-state index contributed by atoms with van der Waals surface area (Å²) < 4.78 is 32.2. The predicted molar refractivity (Wildman–Crippen MR) is 117 cm³/mol. The van der Waals surface area contributed by atoms with Gasteiger partial charge in [-0.1, -0.05) is 17.7 Å². The number of benzene rings is 2. The minimum absolute atomic E-state index is 0.250. The van der Waals surface area contributed by atoms with Gasteiger partial charge in [0.15, 0.2) is 0 Å². The number of nitrogens with one attached hydrogen (secondary N) is 2. The van der Waals surface area contributed by atoms with E-state index in [0.717, 1.165) is 30.6 Å². The third-order valence-electron chi connectivity index (χ3n) is 5.42. The van der Waals surface area contributed by atoms with Gasteiger partial charge in [-0.3, -0.25) is 0 Å². The molecule has 0 spiro atoms. The van der Waals surface area contributed by atoms with Crippen molar-refractivity contribution in [2.24, 2.45) is 5.92 Å².